The molecular weight excluding hydrogens is 196 g/mol. The highest BCUT2D eigenvalue weighted by Crippen LogP contribution is 2.23. The molecule has 0 aromatic carbocycles. The van der Waals surface area contributed by atoms with Crippen molar-refractivity contribution in [1.82, 2.24) is 0 Å². The molecular formula is C11H20O4. The van der Waals surface area contributed by atoms with Gasteiger partial charge >= 0.3 is 0 Å². The Bertz CT molecular complexity index is 225. The average molecular weight is 216 g/mol. The van der Waals surface area contributed by atoms with Crippen LogP contribution in [-0.2, 0) is 14.3 Å². The number of aliphatic hydroxyl groups is 1. The third kappa shape index (κ3) is 3.55. The van der Waals surface area contributed by atoms with Crippen LogP contribution in [0.1, 0.15) is 20.8 Å². The molecule has 4 heteroatoms. The molecule has 15 heavy (non-hydrogen) atoms. The van der Waals surface area contributed by atoms with E-state index >= 15 is 0 Å². The lowest BCUT2D eigenvalue weighted by atomic mass is 9.95. The maximum atomic E-state index is 10.4. The predicted octanol–water partition coefficient (Wildman–Crippen LogP) is 0.625. The van der Waals surface area contributed by atoms with Crippen molar-refractivity contribution >= 4 is 5.78 Å². The van der Waals surface area contributed by atoms with Gasteiger partial charge in [0.05, 0.1) is 25.4 Å². The second kappa shape index (κ2) is 5.05. The topological polar surface area (TPSA) is 55.8 Å². The molecule has 0 radical (unpaired) electrons. The van der Waals surface area contributed by atoms with Crippen molar-refractivity contribution in [1.29, 1.82) is 0 Å². The number of carbonyl (C=O) groups excluding carboxylic acids is 1. The highest BCUT2D eigenvalue weighted by molar-refractivity contribution is 5.83. The second-order valence-electron chi connectivity index (χ2n) is 4.66. The number of carbonyl (C=O) groups is 1. The maximum absolute atomic E-state index is 10.4. The van der Waals surface area contributed by atoms with Gasteiger partial charge in [-0.15, -0.1) is 0 Å². The minimum atomic E-state index is -0.569. The first-order valence-corrected chi connectivity index (χ1v) is 5.34. The fourth-order valence-corrected chi connectivity index (χ4v) is 1.34. The summed E-state index contributed by atoms with van der Waals surface area (Å²) in [6.07, 6.45) is 0. The molecule has 4 nitrogen and oxygen atoms in total. The molecule has 0 bridgehead atoms. The van der Waals surface area contributed by atoms with E-state index in [-0.39, 0.29) is 11.7 Å². The van der Waals surface area contributed by atoms with E-state index in [1.807, 2.05) is 20.8 Å². The molecule has 88 valence electrons. The first-order chi connectivity index (χ1) is 6.93. The molecule has 3 unspecified atom stereocenters. The standard InChI is InChI=1S/C6H12O2.C5H8O2/c1-5-3-8-4-6(5,2)7;1-4-2-7-3-5(4)6/h5,7H,3-4H2,1-2H3;4H,2-3H2,1H3. The van der Waals surface area contributed by atoms with Gasteiger partial charge < -0.3 is 14.6 Å². The van der Waals surface area contributed by atoms with Crippen LogP contribution in [0.15, 0.2) is 0 Å². The zero-order valence-electron chi connectivity index (χ0n) is 9.66. The van der Waals surface area contributed by atoms with E-state index in [9.17, 15) is 9.90 Å². The minimum Gasteiger partial charge on any atom is -0.387 e. The van der Waals surface area contributed by atoms with Gasteiger partial charge in [-0.3, -0.25) is 4.79 Å². The quantitative estimate of drug-likeness (QED) is 0.645. The summed E-state index contributed by atoms with van der Waals surface area (Å²) in [7, 11) is 0. The van der Waals surface area contributed by atoms with Gasteiger partial charge in [0.1, 0.15) is 6.61 Å². The maximum Gasteiger partial charge on any atom is 0.163 e. The fraction of sp³-hybridized carbons (Fsp3) is 0.909. The minimum absolute atomic E-state index is 0.153. The van der Waals surface area contributed by atoms with Crippen molar-refractivity contribution < 1.29 is 19.4 Å². The molecule has 0 aromatic heterocycles. The molecule has 2 heterocycles. The zero-order chi connectivity index (χ0) is 11.5. The molecule has 0 spiro atoms. The van der Waals surface area contributed by atoms with Gasteiger partial charge in [-0.05, 0) is 6.92 Å². The summed E-state index contributed by atoms with van der Waals surface area (Å²) in [4.78, 5) is 10.4. The van der Waals surface area contributed by atoms with Crippen LogP contribution in [0.5, 0.6) is 0 Å². The molecule has 2 saturated heterocycles. The number of hydrogen-bond acceptors (Lipinski definition) is 4. The molecule has 2 rings (SSSR count). The van der Waals surface area contributed by atoms with Crippen LogP contribution in [0.3, 0.4) is 0 Å². The summed E-state index contributed by atoms with van der Waals surface area (Å²) >= 11 is 0. The van der Waals surface area contributed by atoms with Crippen molar-refractivity contribution in [2.24, 2.45) is 11.8 Å². The van der Waals surface area contributed by atoms with Gasteiger partial charge in [0.15, 0.2) is 5.78 Å². The van der Waals surface area contributed by atoms with Crippen molar-refractivity contribution in [3.05, 3.63) is 0 Å². The van der Waals surface area contributed by atoms with E-state index in [4.69, 9.17) is 9.47 Å². The van der Waals surface area contributed by atoms with E-state index in [0.717, 1.165) is 0 Å². The Morgan fingerprint density at radius 3 is 2.13 bits per heavy atom. The smallest absolute Gasteiger partial charge is 0.163 e. The lowest BCUT2D eigenvalue weighted by Gasteiger charge is -2.18. The molecule has 2 fully saturated rings. The van der Waals surface area contributed by atoms with E-state index in [2.05, 4.69) is 0 Å². The molecule has 0 saturated carbocycles. The van der Waals surface area contributed by atoms with Crippen molar-refractivity contribution in [3.8, 4) is 0 Å². The van der Waals surface area contributed by atoms with Crippen LogP contribution in [0.4, 0.5) is 0 Å². The number of rotatable bonds is 0. The van der Waals surface area contributed by atoms with E-state index < -0.39 is 5.60 Å². The number of hydrogen-bond donors (Lipinski definition) is 1. The third-order valence-electron chi connectivity index (χ3n) is 2.99. The Morgan fingerprint density at radius 1 is 1.33 bits per heavy atom. The largest absolute Gasteiger partial charge is 0.387 e. The molecule has 2 aliphatic heterocycles. The Hall–Kier alpha value is -0.450. The lowest BCUT2D eigenvalue weighted by molar-refractivity contribution is -0.120. The van der Waals surface area contributed by atoms with Crippen LogP contribution < -0.4 is 0 Å². The van der Waals surface area contributed by atoms with Crippen LogP contribution in [0, 0.1) is 11.8 Å². The molecule has 0 aliphatic carbocycles. The molecule has 3 atom stereocenters. The van der Waals surface area contributed by atoms with Gasteiger partial charge in [0, 0.05) is 11.8 Å². The first kappa shape index (κ1) is 12.6. The summed E-state index contributed by atoms with van der Waals surface area (Å²) < 4.78 is 9.84. The number of ether oxygens (including phenoxy) is 2. The highest BCUT2D eigenvalue weighted by atomic mass is 16.5. The summed E-state index contributed by atoms with van der Waals surface area (Å²) in [5.74, 6) is 0.683. The highest BCUT2D eigenvalue weighted by Gasteiger charge is 2.34. The van der Waals surface area contributed by atoms with Gasteiger partial charge in [-0.25, -0.2) is 0 Å². The average Bonchev–Trinajstić information content (AvgIpc) is 2.64. The Balaban J connectivity index is 0.000000151. The van der Waals surface area contributed by atoms with Crippen molar-refractivity contribution in [3.63, 3.8) is 0 Å². The van der Waals surface area contributed by atoms with E-state index in [0.29, 0.717) is 32.3 Å². The number of Topliss-reactive ketones (excluding diaryl/α,β-unsaturated/α-hetero) is 1. The Morgan fingerprint density at radius 2 is 2.00 bits per heavy atom. The van der Waals surface area contributed by atoms with Gasteiger partial charge in [-0.1, -0.05) is 13.8 Å². The molecule has 0 amide bonds. The number of ketones is 1. The van der Waals surface area contributed by atoms with Crippen LogP contribution >= 0.6 is 0 Å². The third-order valence-corrected chi connectivity index (χ3v) is 2.99. The zero-order valence-corrected chi connectivity index (χ0v) is 9.66. The van der Waals surface area contributed by atoms with Crippen LogP contribution in [-0.4, -0.2) is 42.9 Å². The SMILES string of the molecule is CC1COCC1(C)O.CC1COCC1=O. The summed E-state index contributed by atoms with van der Waals surface area (Å²) in [5.41, 5.74) is -0.569. The monoisotopic (exact) mass is 216 g/mol. The Labute approximate surface area is 90.6 Å². The second-order valence-corrected chi connectivity index (χ2v) is 4.66. The normalized spacial score (nSPS) is 40.1. The predicted molar refractivity (Wildman–Crippen MR) is 55.6 cm³/mol. The fourth-order valence-electron chi connectivity index (χ4n) is 1.34. The molecule has 0 aromatic rings. The lowest BCUT2D eigenvalue weighted by Crippen LogP contribution is -2.30. The van der Waals surface area contributed by atoms with Gasteiger partial charge in [0.2, 0.25) is 0 Å². The van der Waals surface area contributed by atoms with E-state index in [1.165, 1.54) is 0 Å². The van der Waals surface area contributed by atoms with Crippen molar-refractivity contribution in [2.45, 2.75) is 26.4 Å². The summed E-state index contributed by atoms with van der Waals surface area (Å²) in [5, 5.41) is 9.34. The van der Waals surface area contributed by atoms with Crippen molar-refractivity contribution in [2.75, 3.05) is 26.4 Å². The van der Waals surface area contributed by atoms with Gasteiger partial charge in [-0.2, -0.15) is 0 Å². The Kier molecular flexibility index (Phi) is 4.25. The first-order valence-electron chi connectivity index (χ1n) is 5.34. The van der Waals surface area contributed by atoms with Crippen LogP contribution in [0.2, 0.25) is 0 Å². The summed E-state index contributed by atoms with van der Waals surface area (Å²) in [6, 6.07) is 0. The van der Waals surface area contributed by atoms with Gasteiger partial charge in [0.25, 0.3) is 0 Å². The van der Waals surface area contributed by atoms with Crippen LogP contribution in [0.25, 0.3) is 0 Å². The molecule has 1 N–H and O–H groups in total. The summed E-state index contributed by atoms with van der Waals surface area (Å²) in [6.45, 7) is 7.84. The van der Waals surface area contributed by atoms with E-state index in [1.54, 1.807) is 0 Å². The molecule has 2 aliphatic rings.